The summed E-state index contributed by atoms with van der Waals surface area (Å²) in [6, 6.07) is 12.5. The molecule has 23 heavy (non-hydrogen) atoms. The number of rotatable bonds is 6. The first-order valence-electron chi connectivity index (χ1n) is 7.77. The highest BCUT2D eigenvalue weighted by Crippen LogP contribution is 2.48. The van der Waals surface area contributed by atoms with Gasteiger partial charge in [-0.25, -0.2) is 0 Å². The van der Waals surface area contributed by atoms with Crippen LogP contribution in [0.4, 0.5) is 0 Å². The van der Waals surface area contributed by atoms with E-state index in [1.165, 1.54) is 4.88 Å². The Hall–Kier alpha value is -1.17. The van der Waals surface area contributed by atoms with Crippen LogP contribution in [-0.4, -0.2) is 31.4 Å². The van der Waals surface area contributed by atoms with Crippen molar-refractivity contribution in [3.8, 4) is 0 Å². The van der Waals surface area contributed by atoms with Gasteiger partial charge >= 0.3 is 0 Å². The van der Waals surface area contributed by atoms with Gasteiger partial charge in [0.15, 0.2) is 0 Å². The summed E-state index contributed by atoms with van der Waals surface area (Å²) in [6.07, 6.45) is 1.87. The van der Waals surface area contributed by atoms with E-state index in [-0.39, 0.29) is 17.4 Å². The predicted octanol–water partition coefficient (Wildman–Crippen LogP) is 3.96. The molecule has 1 heterocycles. The van der Waals surface area contributed by atoms with Crippen LogP contribution in [0.25, 0.3) is 0 Å². The van der Waals surface area contributed by atoms with Gasteiger partial charge in [-0.05, 0) is 56.1 Å². The zero-order valence-electron chi connectivity index (χ0n) is 13.4. The van der Waals surface area contributed by atoms with Crippen molar-refractivity contribution in [2.45, 2.75) is 24.3 Å². The topological polar surface area (TPSA) is 32.3 Å². The molecule has 2 aromatic rings. The van der Waals surface area contributed by atoms with Crippen LogP contribution in [0.15, 0.2) is 46.3 Å². The Labute approximate surface area is 149 Å². The minimum atomic E-state index is -0.312. The molecule has 1 fully saturated rings. The van der Waals surface area contributed by atoms with Crippen LogP contribution < -0.4 is 5.32 Å². The lowest BCUT2D eigenvalue weighted by molar-refractivity contribution is -0.123. The second-order valence-corrected chi connectivity index (χ2v) is 8.19. The van der Waals surface area contributed by atoms with Gasteiger partial charge in [-0.15, -0.1) is 11.3 Å². The number of carbonyl (C=O) groups excluding carboxylic acids is 1. The largest absolute Gasteiger partial charge is 0.353 e. The lowest BCUT2D eigenvalue weighted by atomic mass is 9.95. The first-order valence-corrected chi connectivity index (χ1v) is 9.44. The maximum atomic E-state index is 12.8. The third-order valence-corrected chi connectivity index (χ3v) is 6.03. The minimum absolute atomic E-state index is 0.156. The number of hydrogen-bond acceptors (Lipinski definition) is 3. The molecule has 1 saturated carbocycles. The number of thiophene rings is 1. The molecule has 0 saturated heterocycles. The summed E-state index contributed by atoms with van der Waals surface area (Å²) in [4.78, 5) is 16.2. The smallest absolute Gasteiger partial charge is 0.230 e. The van der Waals surface area contributed by atoms with E-state index in [1.807, 2.05) is 12.1 Å². The van der Waals surface area contributed by atoms with Gasteiger partial charge in [0, 0.05) is 15.9 Å². The van der Waals surface area contributed by atoms with E-state index in [0.29, 0.717) is 6.54 Å². The summed E-state index contributed by atoms with van der Waals surface area (Å²) in [6.45, 7) is 0.643. The van der Waals surface area contributed by atoms with E-state index in [0.717, 1.165) is 22.9 Å². The van der Waals surface area contributed by atoms with Gasteiger partial charge in [0.05, 0.1) is 11.5 Å². The Morgan fingerprint density at radius 3 is 2.52 bits per heavy atom. The maximum absolute atomic E-state index is 12.8. The summed E-state index contributed by atoms with van der Waals surface area (Å²) >= 11 is 5.19. The van der Waals surface area contributed by atoms with Crippen molar-refractivity contribution in [3.63, 3.8) is 0 Å². The zero-order valence-corrected chi connectivity index (χ0v) is 15.8. The Balaban J connectivity index is 1.68. The van der Waals surface area contributed by atoms with Crippen LogP contribution in [0.5, 0.6) is 0 Å². The van der Waals surface area contributed by atoms with Crippen LogP contribution >= 0.6 is 27.3 Å². The molecule has 0 bridgehead atoms. The molecular weight excluding hydrogens is 372 g/mol. The number of halogens is 1. The number of hydrogen-bond donors (Lipinski definition) is 1. The van der Waals surface area contributed by atoms with Crippen molar-refractivity contribution >= 4 is 33.2 Å². The van der Waals surface area contributed by atoms with Gasteiger partial charge in [0.1, 0.15) is 0 Å². The van der Waals surface area contributed by atoms with Crippen LogP contribution in [0.3, 0.4) is 0 Å². The predicted molar refractivity (Wildman–Crippen MR) is 98.8 cm³/mol. The Morgan fingerprint density at radius 2 is 2.00 bits per heavy atom. The zero-order chi connectivity index (χ0) is 16.4. The number of carbonyl (C=O) groups is 1. The van der Waals surface area contributed by atoms with Crippen molar-refractivity contribution in [1.82, 2.24) is 10.2 Å². The van der Waals surface area contributed by atoms with Crippen LogP contribution in [0.1, 0.15) is 29.3 Å². The van der Waals surface area contributed by atoms with Gasteiger partial charge in [0.25, 0.3) is 0 Å². The van der Waals surface area contributed by atoms with Crippen molar-refractivity contribution < 1.29 is 4.79 Å². The molecule has 3 nitrogen and oxygen atoms in total. The third kappa shape index (κ3) is 3.52. The molecule has 1 atom stereocenters. The summed E-state index contributed by atoms with van der Waals surface area (Å²) in [5.41, 5.74) is 0.809. The molecule has 1 aromatic heterocycles. The fraction of sp³-hybridized carbons (Fsp3) is 0.389. The number of likely N-dealkylation sites (N-methyl/N-ethyl adjacent to an activating group) is 1. The van der Waals surface area contributed by atoms with Crippen LogP contribution in [0, 0.1) is 0 Å². The highest BCUT2D eigenvalue weighted by Gasteiger charge is 2.51. The summed E-state index contributed by atoms with van der Waals surface area (Å²) in [5, 5.41) is 5.26. The van der Waals surface area contributed by atoms with Crippen molar-refractivity contribution in [1.29, 1.82) is 0 Å². The molecule has 1 amide bonds. The first kappa shape index (κ1) is 16.7. The van der Waals surface area contributed by atoms with Gasteiger partial charge in [-0.1, -0.05) is 34.1 Å². The van der Waals surface area contributed by atoms with Crippen molar-refractivity contribution in [2.75, 3.05) is 20.6 Å². The highest BCUT2D eigenvalue weighted by molar-refractivity contribution is 9.10. The molecule has 1 aliphatic carbocycles. The lowest BCUT2D eigenvalue weighted by Crippen LogP contribution is -2.39. The van der Waals surface area contributed by atoms with Gasteiger partial charge in [0.2, 0.25) is 5.91 Å². The maximum Gasteiger partial charge on any atom is 0.230 e. The van der Waals surface area contributed by atoms with Gasteiger partial charge in [-0.2, -0.15) is 0 Å². The second kappa shape index (κ2) is 6.75. The van der Waals surface area contributed by atoms with Crippen LogP contribution in [-0.2, 0) is 10.2 Å². The summed E-state index contributed by atoms with van der Waals surface area (Å²) in [7, 11) is 4.11. The molecule has 0 unspecified atom stereocenters. The molecule has 0 radical (unpaired) electrons. The fourth-order valence-electron chi connectivity index (χ4n) is 2.92. The van der Waals surface area contributed by atoms with E-state index in [4.69, 9.17) is 0 Å². The number of amides is 1. The SMILES string of the molecule is CN(C)[C@@H](CNC(=O)C1(c2ccc(Br)cc2)CC1)c1cccs1. The average molecular weight is 393 g/mol. The van der Waals surface area contributed by atoms with Gasteiger partial charge < -0.3 is 10.2 Å². The molecule has 0 aliphatic heterocycles. The van der Waals surface area contributed by atoms with E-state index in [9.17, 15) is 4.79 Å². The monoisotopic (exact) mass is 392 g/mol. The Morgan fingerprint density at radius 1 is 1.30 bits per heavy atom. The fourth-order valence-corrected chi connectivity index (χ4v) is 4.10. The van der Waals surface area contributed by atoms with Crippen LogP contribution in [0.2, 0.25) is 0 Å². The number of benzene rings is 1. The van der Waals surface area contributed by atoms with E-state index in [2.05, 4.69) is 69.9 Å². The molecule has 5 heteroatoms. The normalized spacial score (nSPS) is 17.0. The lowest BCUT2D eigenvalue weighted by Gasteiger charge is -2.25. The Kier molecular flexibility index (Phi) is 4.90. The second-order valence-electron chi connectivity index (χ2n) is 6.29. The molecule has 1 aliphatic rings. The van der Waals surface area contributed by atoms with E-state index < -0.39 is 0 Å². The standard InChI is InChI=1S/C18H21BrN2OS/c1-21(2)15(16-4-3-11-23-16)12-20-17(22)18(9-10-18)13-5-7-14(19)8-6-13/h3-8,11,15H,9-10,12H2,1-2H3,(H,20,22)/t15-/m0/s1. The van der Waals surface area contributed by atoms with E-state index >= 15 is 0 Å². The van der Waals surface area contributed by atoms with E-state index in [1.54, 1.807) is 11.3 Å². The third-order valence-electron chi connectivity index (χ3n) is 4.53. The number of nitrogens with one attached hydrogen (secondary N) is 1. The van der Waals surface area contributed by atoms with Crippen molar-refractivity contribution in [2.24, 2.45) is 0 Å². The summed E-state index contributed by atoms with van der Waals surface area (Å²) < 4.78 is 1.04. The number of nitrogens with zero attached hydrogens (tertiary/aromatic N) is 1. The summed E-state index contributed by atoms with van der Waals surface area (Å²) in [5.74, 6) is 0.156. The highest BCUT2D eigenvalue weighted by atomic mass is 79.9. The average Bonchev–Trinajstić information content (AvgIpc) is 3.17. The van der Waals surface area contributed by atoms with Crippen molar-refractivity contribution in [3.05, 3.63) is 56.7 Å². The molecule has 122 valence electrons. The molecule has 1 N–H and O–H groups in total. The molecule has 1 aromatic carbocycles. The molecule has 0 spiro atoms. The van der Waals surface area contributed by atoms with Gasteiger partial charge in [-0.3, -0.25) is 4.79 Å². The molecular formula is C18H21BrN2OS. The first-order chi connectivity index (χ1) is 11.0. The Bertz CT molecular complexity index is 663. The minimum Gasteiger partial charge on any atom is -0.353 e. The quantitative estimate of drug-likeness (QED) is 0.806. The molecule has 3 rings (SSSR count).